The van der Waals surface area contributed by atoms with E-state index in [1.807, 2.05) is 11.3 Å². The molecule has 0 N–H and O–H groups in total. The van der Waals surface area contributed by atoms with Gasteiger partial charge in [-0.2, -0.15) is 0 Å². The van der Waals surface area contributed by atoms with Crippen LogP contribution in [0, 0.1) is 0 Å². The highest BCUT2D eigenvalue weighted by Crippen LogP contribution is 2.58. The van der Waals surface area contributed by atoms with Crippen molar-refractivity contribution in [2.75, 3.05) is 9.71 Å². The zero-order valence-electron chi connectivity index (χ0n) is 33.6. The molecule has 0 radical (unpaired) electrons. The fourth-order valence-corrected chi connectivity index (χ4v) is 12.3. The topological polar surface area (TPSA) is 6.48 Å². The third-order valence-electron chi connectivity index (χ3n) is 14.3. The molecular formula is C53H45BN2S. The number of anilines is 5. The Hall–Kier alpha value is -5.58. The number of hydrogen-bond donors (Lipinski definition) is 0. The first-order chi connectivity index (χ1) is 27.5. The molecule has 12 rings (SSSR count). The molecular weight excluding hydrogens is 707 g/mol. The Morgan fingerprint density at radius 3 is 2.00 bits per heavy atom. The molecule has 0 atom stereocenters. The minimum absolute atomic E-state index is 0.0295. The molecule has 0 amide bonds. The summed E-state index contributed by atoms with van der Waals surface area (Å²) < 4.78 is 2.71. The summed E-state index contributed by atoms with van der Waals surface area (Å²) in [5, 5.41) is 2.76. The summed E-state index contributed by atoms with van der Waals surface area (Å²) in [5.74, 6) is 0. The molecule has 0 saturated heterocycles. The van der Waals surface area contributed by atoms with Crippen LogP contribution < -0.4 is 20.6 Å². The van der Waals surface area contributed by atoms with Crippen LogP contribution in [0.2, 0.25) is 0 Å². The summed E-state index contributed by atoms with van der Waals surface area (Å²) in [6.07, 6.45) is 2.36. The molecule has 276 valence electrons. The second-order valence-electron chi connectivity index (χ2n) is 18.7. The largest absolute Gasteiger partial charge is 0.376 e. The zero-order valence-corrected chi connectivity index (χ0v) is 34.4. The molecule has 0 fully saturated rings. The molecule has 0 bridgehead atoms. The lowest BCUT2D eigenvalue weighted by atomic mass is 9.42. The Morgan fingerprint density at radius 1 is 0.544 bits per heavy atom. The predicted octanol–water partition coefficient (Wildman–Crippen LogP) is 13.4. The molecule has 0 unspecified atom stereocenters. The van der Waals surface area contributed by atoms with E-state index >= 15 is 0 Å². The maximum atomic E-state index is 2.73. The van der Waals surface area contributed by atoms with Crippen molar-refractivity contribution in [1.29, 1.82) is 0 Å². The number of thiophene rings is 1. The van der Waals surface area contributed by atoms with Crippen LogP contribution in [0.1, 0.15) is 76.6 Å². The van der Waals surface area contributed by atoms with Gasteiger partial charge in [0, 0.05) is 53.9 Å². The van der Waals surface area contributed by atoms with Gasteiger partial charge in [-0.05, 0) is 116 Å². The molecule has 8 aromatic rings. The van der Waals surface area contributed by atoms with Crippen molar-refractivity contribution in [3.8, 4) is 22.3 Å². The van der Waals surface area contributed by atoms with E-state index in [1.54, 1.807) is 0 Å². The van der Waals surface area contributed by atoms with Gasteiger partial charge in [-0.3, -0.25) is 0 Å². The summed E-state index contributed by atoms with van der Waals surface area (Å²) in [4.78, 5) is 5.38. The van der Waals surface area contributed by atoms with Gasteiger partial charge in [0.25, 0.3) is 0 Å². The van der Waals surface area contributed by atoms with Crippen LogP contribution in [0.3, 0.4) is 0 Å². The summed E-state index contributed by atoms with van der Waals surface area (Å²) >= 11 is 1.95. The maximum absolute atomic E-state index is 2.73. The van der Waals surface area contributed by atoms with E-state index in [4.69, 9.17) is 0 Å². The van der Waals surface area contributed by atoms with Crippen molar-refractivity contribution in [1.82, 2.24) is 0 Å². The van der Waals surface area contributed by atoms with Crippen molar-refractivity contribution in [3.05, 3.63) is 162 Å². The van der Waals surface area contributed by atoms with Gasteiger partial charge in [-0.1, -0.05) is 139 Å². The number of para-hydroxylation sites is 2. The van der Waals surface area contributed by atoms with E-state index in [1.165, 1.54) is 117 Å². The van der Waals surface area contributed by atoms with Crippen LogP contribution in [0.25, 0.3) is 42.4 Å². The third-order valence-corrected chi connectivity index (χ3v) is 15.4. The van der Waals surface area contributed by atoms with E-state index in [0.717, 1.165) is 0 Å². The molecule has 0 saturated carbocycles. The van der Waals surface area contributed by atoms with Crippen LogP contribution in [0.4, 0.5) is 28.4 Å². The average Bonchev–Trinajstić information content (AvgIpc) is 3.60. The molecule has 7 aromatic carbocycles. The highest BCUT2D eigenvalue weighted by atomic mass is 32.1. The van der Waals surface area contributed by atoms with Crippen molar-refractivity contribution >= 4 is 77.7 Å². The molecule has 2 nitrogen and oxygen atoms in total. The molecule has 1 aliphatic carbocycles. The molecule has 3 aliphatic heterocycles. The Bertz CT molecular complexity index is 3010. The van der Waals surface area contributed by atoms with Gasteiger partial charge in [0.1, 0.15) is 0 Å². The molecule has 4 aliphatic rings. The smallest absolute Gasteiger partial charge is 0.333 e. The summed E-state index contributed by atoms with van der Waals surface area (Å²) in [5.41, 5.74) is 20.3. The fourth-order valence-electron chi connectivity index (χ4n) is 11.2. The molecule has 57 heavy (non-hydrogen) atoms. The van der Waals surface area contributed by atoms with E-state index in [2.05, 4.69) is 191 Å². The monoisotopic (exact) mass is 752 g/mol. The van der Waals surface area contributed by atoms with Gasteiger partial charge in [0.2, 0.25) is 0 Å². The number of nitrogens with zero attached hydrogens (tertiary/aromatic N) is 2. The second-order valence-corrected chi connectivity index (χ2v) is 19.8. The first-order valence-corrected chi connectivity index (χ1v) is 21.5. The Morgan fingerprint density at radius 2 is 1.21 bits per heavy atom. The van der Waals surface area contributed by atoms with Crippen molar-refractivity contribution in [2.45, 2.75) is 70.6 Å². The van der Waals surface area contributed by atoms with Gasteiger partial charge >= 0.3 is 6.85 Å². The lowest BCUT2D eigenvalue weighted by Crippen LogP contribution is -2.62. The minimum atomic E-state index is -0.163. The maximum Gasteiger partial charge on any atom is 0.333 e. The van der Waals surface area contributed by atoms with Gasteiger partial charge in [0.15, 0.2) is 0 Å². The normalized spacial score (nSPS) is 17.5. The van der Waals surface area contributed by atoms with Crippen LogP contribution in [-0.4, -0.2) is 6.85 Å². The molecule has 4 heteroatoms. The van der Waals surface area contributed by atoms with Crippen molar-refractivity contribution in [3.63, 3.8) is 0 Å². The number of benzene rings is 7. The SMILES string of the molecule is CC1(C)CCC(C)(C)c2cc3c(cc21)-c1c2c(cc4sc5ccccc5c14)N1c4ccccc4C(C)(C)c4cccc(c41)B2N3c1ccc(-c2ccccc2)cc1. The van der Waals surface area contributed by atoms with Crippen molar-refractivity contribution in [2.24, 2.45) is 0 Å². The summed E-state index contributed by atoms with van der Waals surface area (Å²) in [6.45, 7) is 14.7. The van der Waals surface area contributed by atoms with Crippen LogP contribution >= 0.6 is 11.3 Å². The van der Waals surface area contributed by atoms with E-state index in [9.17, 15) is 0 Å². The minimum Gasteiger partial charge on any atom is -0.376 e. The fraction of sp³-hybridized carbons (Fsp3) is 0.208. The third kappa shape index (κ3) is 4.43. The Labute approximate surface area is 340 Å². The number of fused-ring (bicyclic) bond motifs is 11. The highest BCUT2D eigenvalue weighted by Gasteiger charge is 2.51. The molecule has 0 spiro atoms. The number of rotatable bonds is 2. The zero-order chi connectivity index (χ0) is 38.6. The standard InChI is InChI=1S/C53H45BN2S/c1-51(2)27-28-52(3,4)40-30-43-36(29-39(40)51)48-47-35-17-10-13-22-45(35)57-46(47)31-44-49(48)54(56(43)34-25-23-33(24-26-34)32-15-8-7-9-16-32)41-20-14-19-38-50(41)55(44)42-21-12-11-18-37(42)53(38,5)6/h7-26,29-31H,27-28H2,1-6H3. The van der Waals surface area contributed by atoms with E-state index < -0.39 is 0 Å². The second kappa shape index (κ2) is 11.3. The van der Waals surface area contributed by atoms with Crippen LogP contribution in [0.15, 0.2) is 140 Å². The Balaban J connectivity index is 1.26. The first kappa shape index (κ1) is 33.6. The van der Waals surface area contributed by atoms with Gasteiger partial charge < -0.3 is 9.71 Å². The van der Waals surface area contributed by atoms with E-state index in [-0.39, 0.29) is 23.1 Å². The van der Waals surface area contributed by atoms with Gasteiger partial charge in [-0.15, -0.1) is 11.3 Å². The quantitative estimate of drug-likeness (QED) is 0.162. The van der Waals surface area contributed by atoms with Gasteiger partial charge in [-0.25, -0.2) is 0 Å². The predicted molar refractivity (Wildman–Crippen MR) is 246 cm³/mol. The number of hydrogen-bond acceptors (Lipinski definition) is 3. The van der Waals surface area contributed by atoms with E-state index in [0.29, 0.717) is 0 Å². The van der Waals surface area contributed by atoms with Crippen LogP contribution in [0.5, 0.6) is 0 Å². The summed E-state index contributed by atoms with van der Waals surface area (Å²) in [7, 11) is 0. The van der Waals surface area contributed by atoms with Gasteiger partial charge in [0.05, 0.1) is 5.69 Å². The molecule has 1 aromatic heterocycles. The lowest BCUT2D eigenvalue weighted by molar-refractivity contribution is 0.332. The highest BCUT2D eigenvalue weighted by molar-refractivity contribution is 7.26. The average molecular weight is 753 g/mol. The molecule has 4 heterocycles. The first-order valence-electron chi connectivity index (χ1n) is 20.7. The Kier molecular flexibility index (Phi) is 6.65. The van der Waals surface area contributed by atoms with Crippen molar-refractivity contribution < 1.29 is 0 Å². The van der Waals surface area contributed by atoms with Crippen LogP contribution in [-0.2, 0) is 16.2 Å². The lowest BCUT2D eigenvalue weighted by Gasteiger charge is -2.51. The summed E-state index contributed by atoms with van der Waals surface area (Å²) in [6, 6.07) is 53.5.